The van der Waals surface area contributed by atoms with E-state index in [0.29, 0.717) is 22.6 Å². The molecule has 0 aliphatic rings. The molecular weight excluding hydrogens is 372 g/mol. The van der Waals surface area contributed by atoms with Crippen LogP contribution in [0.25, 0.3) is 10.9 Å². The summed E-state index contributed by atoms with van der Waals surface area (Å²) in [6.45, 7) is 0. The molecule has 0 aliphatic carbocycles. The van der Waals surface area contributed by atoms with Gasteiger partial charge in [-0.3, -0.25) is 9.59 Å². The zero-order valence-corrected chi connectivity index (χ0v) is 16.9. The number of rotatable bonds is 7. The number of nitrogens with one attached hydrogen (secondary N) is 1. The summed E-state index contributed by atoms with van der Waals surface area (Å²) in [5.74, 6) is 0.376. The summed E-state index contributed by atoms with van der Waals surface area (Å²) in [6, 6.07) is 12.3. The Kier molecular flexibility index (Phi) is 6.07. The minimum Gasteiger partial charge on any atom is -0.493 e. The van der Waals surface area contributed by atoms with Crippen molar-refractivity contribution in [3.8, 4) is 11.5 Å². The van der Waals surface area contributed by atoms with Gasteiger partial charge in [-0.15, -0.1) is 0 Å². The summed E-state index contributed by atoms with van der Waals surface area (Å²) in [5.41, 5.74) is 2.20. The Balaban J connectivity index is 1.95. The van der Waals surface area contributed by atoms with Crippen LogP contribution in [0.4, 0.5) is 0 Å². The number of amides is 1. The van der Waals surface area contributed by atoms with Gasteiger partial charge in [-0.2, -0.15) is 0 Å². The van der Waals surface area contributed by atoms with Crippen molar-refractivity contribution in [3.05, 3.63) is 59.8 Å². The number of hydrogen-bond donors (Lipinski definition) is 1. The van der Waals surface area contributed by atoms with Gasteiger partial charge >= 0.3 is 5.97 Å². The standard InChI is InChI=1S/C22H24N2O5/c1-24-13-16(15-7-5-6-8-18(15)24)22(26)23-17(12-21(25)29-4)14-9-10-19(27-2)20(11-14)28-3/h5-11,13,17H,12H2,1-4H3,(H,23,26). The van der Waals surface area contributed by atoms with Gasteiger partial charge in [-0.25, -0.2) is 0 Å². The highest BCUT2D eigenvalue weighted by molar-refractivity contribution is 6.07. The molecule has 7 heteroatoms. The molecule has 0 saturated carbocycles. The fraction of sp³-hybridized carbons (Fsp3) is 0.273. The number of carbonyl (C=O) groups excluding carboxylic acids is 2. The topological polar surface area (TPSA) is 78.8 Å². The van der Waals surface area contributed by atoms with Crippen molar-refractivity contribution in [2.24, 2.45) is 7.05 Å². The van der Waals surface area contributed by atoms with Crippen molar-refractivity contribution >= 4 is 22.8 Å². The molecule has 1 N–H and O–H groups in total. The van der Waals surface area contributed by atoms with Gasteiger partial charge in [0.1, 0.15) is 0 Å². The van der Waals surface area contributed by atoms with Crippen LogP contribution in [0, 0.1) is 0 Å². The van der Waals surface area contributed by atoms with E-state index in [1.165, 1.54) is 14.2 Å². The number of para-hydroxylation sites is 1. The maximum atomic E-state index is 13.1. The molecule has 1 aromatic heterocycles. The molecule has 1 atom stereocenters. The second-order valence-corrected chi connectivity index (χ2v) is 6.59. The first-order valence-electron chi connectivity index (χ1n) is 9.12. The number of esters is 1. The van der Waals surface area contributed by atoms with E-state index >= 15 is 0 Å². The summed E-state index contributed by atoms with van der Waals surface area (Å²) < 4.78 is 17.3. The third kappa shape index (κ3) is 4.18. The molecule has 0 bridgehead atoms. The zero-order valence-electron chi connectivity index (χ0n) is 16.9. The van der Waals surface area contributed by atoms with Crippen LogP contribution in [0.5, 0.6) is 11.5 Å². The quantitative estimate of drug-likeness (QED) is 0.621. The molecule has 0 aliphatic heterocycles. The molecule has 3 rings (SSSR count). The van der Waals surface area contributed by atoms with Crippen molar-refractivity contribution in [1.82, 2.24) is 9.88 Å². The Labute approximate surface area is 169 Å². The molecule has 0 spiro atoms. The molecule has 2 aromatic carbocycles. The lowest BCUT2D eigenvalue weighted by Gasteiger charge is -2.19. The number of aryl methyl sites for hydroxylation is 1. The van der Waals surface area contributed by atoms with Crippen LogP contribution in [-0.2, 0) is 16.6 Å². The first-order chi connectivity index (χ1) is 14.0. The maximum Gasteiger partial charge on any atom is 0.307 e. The average Bonchev–Trinajstić information content (AvgIpc) is 3.09. The van der Waals surface area contributed by atoms with Crippen molar-refractivity contribution in [2.45, 2.75) is 12.5 Å². The van der Waals surface area contributed by atoms with Crippen molar-refractivity contribution in [1.29, 1.82) is 0 Å². The highest BCUT2D eigenvalue weighted by atomic mass is 16.5. The molecular formula is C22H24N2O5. The van der Waals surface area contributed by atoms with E-state index in [1.807, 2.05) is 35.9 Å². The lowest BCUT2D eigenvalue weighted by Crippen LogP contribution is -2.30. The Hall–Kier alpha value is -3.48. The van der Waals surface area contributed by atoms with Gasteiger partial charge in [0.05, 0.1) is 39.4 Å². The van der Waals surface area contributed by atoms with Crippen LogP contribution in [0.3, 0.4) is 0 Å². The number of benzene rings is 2. The average molecular weight is 396 g/mol. The summed E-state index contributed by atoms with van der Waals surface area (Å²) in [6.07, 6.45) is 1.77. The van der Waals surface area contributed by atoms with Crippen molar-refractivity contribution in [2.75, 3.05) is 21.3 Å². The second kappa shape index (κ2) is 8.68. The molecule has 0 fully saturated rings. The summed E-state index contributed by atoms with van der Waals surface area (Å²) >= 11 is 0. The summed E-state index contributed by atoms with van der Waals surface area (Å²) in [7, 11) is 6.29. The van der Waals surface area contributed by atoms with E-state index in [1.54, 1.807) is 31.5 Å². The van der Waals surface area contributed by atoms with Crippen LogP contribution in [0.2, 0.25) is 0 Å². The predicted octanol–water partition coefficient (Wildman–Crippen LogP) is 3.23. The first-order valence-corrected chi connectivity index (χ1v) is 9.12. The number of aromatic nitrogens is 1. The van der Waals surface area contributed by atoms with E-state index in [4.69, 9.17) is 14.2 Å². The molecule has 29 heavy (non-hydrogen) atoms. The number of methoxy groups -OCH3 is 3. The van der Waals surface area contributed by atoms with Crippen LogP contribution < -0.4 is 14.8 Å². The lowest BCUT2D eigenvalue weighted by molar-refractivity contribution is -0.141. The predicted molar refractivity (Wildman–Crippen MR) is 109 cm³/mol. The maximum absolute atomic E-state index is 13.1. The Morgan fingerprint density at radius 2 is 1.76 bits per heavy atom. The number of ether oxygens (including phenoxy) is 3. The number of carbonyl (C=O) groups is 2. The third-order valence-corrected chi connectivity index (χ3v) is 4.86. The van der Waals surface area contributed by atoms with Crippen LogP contribution in [0.15, 0.2) is 48.7 Å². The van der Waals surface area contributed by atoms with Crippen LogP contribution in [0.1, 0.15) is 28.4 Å². The fourth-order valence-electron chi connectivity index (χ4n) is 3.33. The van der Waals surface area contributed by atoms with E-state index < -0.39 is 12.0 Å². The normalized spacial score (nSPS) is 11.7. The number of fused-ring (bicyclic) bond motifs is 1. The third-order valence-electron chi connectivity index (χ3n) is 4.86. The Morgan fingerprint density at radius 3 is 2.45 bits per heavy atom. The molecule has 1 heterocycles. The van der Waals surface area contributed by atoms with Gasteiger partial charge < -0.3 is 24.1 Å². The molecule has 152 valence electrons. The highest BCUT2D eigenvalue weighted by Gasteiger charge is 2.23. The van der Waals surface area contributed by atoms with E-state index in [9.17, 15) is 9.59 Å². The monoisotopic (exact) mass is 396 g/mol. The smallest absolute Gasteiger partial charge is 0.307 e. The molecule has 0 saturated heterocycles. The van der Waals surface area contributed by atoms with Gasteiger partial charge in [0.2, 0.25) is 0 Å². The molecule has 1 unspecified atom stereocenters. The zero-order chi connectivity index (χ0) is 21.0. The number of nitrogens with zero attached hydrogens (tertiary/aromatic N) is 1. The van der Waals surface area contributed by atoms with Gasteiger partial charge in [0.15, 0.2) is 11.5 Å². The molecule has 1 amide bonds. The molecule has 3 aromatic rings. The van der Waals surface area contributed by atoms with Gasteiger partial charge in [-0.1, -0.05) is 24.3 Å². The van der Waals surface area contributed by atoms with Crippen molar-refractivity contribution in [3.63, 3.8) is 0 Å². The number of hydrogen-bond acceptors (Lipinski definition) is 5. The summed E-state index contributed by atoms with van der Waals surface area (Å²) in [4.78, 5) is 25.0. The molecule has 7 nitrogen and oxygen atoms in total. The first kappa shape index (κ1) is 20.3. The summed E-state index contributed by atoms with van der Waals surface area (Å²) in [5, 5.41) is 3.80. The minimum absolute atomic E-state index is 0.0114. The highest BCUT2D eigenvalue weighted by Crippen LogP contribution is 2.31. The Morgan fingerprint density at radius 1 is 1.03 bits per heavy atom. The van der Waals surface area contributed by atoms with Gasteiger partial charge in [0.25, 0.3) is 5.91 Å². The second-order valence-electron chi connectivity index (χ2n) is 6.59. The lowest BCUT2D eigenvalue weighted by atomic mass is 10.0. The minimum atomic E-state index is -0.589. The van der Waals surface area contributed by atoms with Crippen LogP contribution in [-0.4, -0.2) is 37.8 Å². The van der Waals surface area contributed by atoms with Crippen LogP contribution >= 0.6 is 0 Å². The Bertz CT molecular complexity index is 1040. The largest absolute Gasteiger partial charge is 0.493 e. The van der Waals surface area contributed by atoms with Crippen molar-refractivity contribution < 1.29 is 23.8 Å². The van der Waals surface area contributed by atoms with Gasteiger partial charge in [0, 0.05) is 24.1 Å². The molecule has 0 radical (unpaired) electrons. The fourth-order valence-corrected chi connectivity index (χ4v) is 3.33. The van der Waals surface area contributed by atoms with E-state index in [-0.39, 0.29) is 12.3 Å². The van der Waals surface area contributed by atoms with E-state index in [0.717, 1.165) is 10.9 Å². The van der Waals surface area contributed by atoms with Gasteiger partial charge in [-0.05, 0) is 23.8 Å². The SMILES string of the molecule is COC(=O)CC(NC(=O)c1cn(C)c2ccccc12)c1ccc(OC)c(OC)c1. The van der Waals surface area contributed by atoms with E-state index in [2.05, 4.69) is 5.32 Å².